The molecular weight excluding hydrogens is 365 g/mol. The molecule has 3 rings (SSSR count). The van der Waals surface area contributed by atoms with Gasteiger partial charge in [-0.15, -0.1) is 12.4 Å². The molecule has 26 heavy (non-hydrogen) atoms. The Bertz CT molecular complexity index is 983. The van der Waals surface area contributed by atoms with Gasteiger partial charge in [0.1, 0.15) is 11.6 Å². The monoisotopic (exact) mass is 379 g/mol. The van der Waals surface area contributed by atoms with E-state index in [4.69, 9.17) is 11.0 Å². The Kier molecular flexibility index (Phi) is 6.43. The molecule has 0 saturated heterocycles. The molecule has 0 fully saturated rings. The van der Waals surface area contributed by atoms with Gasteiger partial charge in [-0.05, 0) is 18.1 Å². The third kappa shape index (κ3) is 4.07. The highest BCUT2D eigenvalue weighted by molar-refractivity contribution is 5.86. The van der Waals surface area contributed by atoms with Crippen molar-refractivity contribution in [1.82, 2.24) is 19.5 Å². The SMILES string of the molecule is Cl.Cn1c(-c2cccc(F)c2)nc2c(N)nc(C#CCCOOO)nc21. The van der Waals surface area contributed by atoms with E-state index in [1.807, 2.05) is 0 Å². The molecule has 8 nitrogen and oxygen atoms in total. The summed E-state index contributed by atoms with van der Waals surface area (Å²) in [4.78, 5) is 17.2. The van der Waals surface area contributed by atoms with Crippen LogP contribution in [0.2, 0.25) is 0 Å². The van der Waals surface area contributed by atoms with Gasteiger partial charge in [0.15, 0.2) is 17.0 Å². The summed E-state index contributed by atoms with van der Waals surface area (Å²) >= 11 is 0. The highest BCUT2D eigenvalue weighted by atomic mass is 35.5. The second kappa shape index (κ2) is 8.55. The number of nitrogens with two attached hydrogens (primary N) is 1. The molecule has 3 aromatic rings. The van der Waals surface area contributed by atoms with Crippen molar-refractivity contribution >= 4 is 29.4 Å². The molecule has 0 unspecified atom stereocenters. The number of hydrogen-bond donors (Lipinski definition) is 2. The number of benzene rings is 1. The van der Waals surface area contributed by atoms with Crippen molar-refractivity contribution in [3.63, 3.8) is 0 Å². The van der Waals surface area contributed by atoms with Crippen LogP contribution in [0, 0.1) is 17.7 Å². The van der Waals surface area contributed by atoms with Crippen LogP contribution in [0.25, 0.3) is 22.6 Å². The van der Waals surface area contributed by atoms with Gasteiger partial charge in [-0.2, -0.15) is 0 Å². The highest BCUT2D eigenvalue weighted by Gasteiger charge is 2.15. The first kappa shape index (κ1) is 19.6. The van der Waals surface area contributed by atoms with Crippen molar-refractivity contribution in [3.05, 3.63) is 35.9 Å². The van der Waals surface area contributed by atoms with Gasteiger partial charge in [0, 0.05) is 19.0 Å². The predicted octanol–water partition coefficient (Wildman–Crippen LogP) is 2.34. The maximum absolute atomic E-state index is 13.5. The van der Waals surface area contributed by atoms with Gasteiger partial charge >= 0.3 is 0 Å². The van der Waals surface area contributed by atoms with E-state index in [2.05, 4.69) is 36.7 Å². The van der Waals surface area contributed by atoms with Crippen LogP contribution in [0.4, 0.5) is 10.2 Å². The number of halogens is 2. The van der Waals surface area contributed by atoms with Gasteiger partial charge in [-0.25, -0.2) is 29.5 Å². The minimum absolute atomic E-state index is 0. The van der Waals surface area contributed by atoms with Gasteiger partial charge in [0.25, 0.3) is 0 Å². The number of fused-ring (bicyclic) bond motifs is 1. The van der Waals surface area contributed by atoms with Crippen molar-refractivity contribution in [3.8, 4) is 23.2 Å². The lowest BCUT2D eigenvalue weighted by atomic mass is 10.2. The predicted molar refractivity (Wildman–Crippen MR) is 94.5 cm³/mol. The van der Waals surface area contributed by atoms with Crippen LogP contribution >= 0.6 is 12.4 Å². The molecule has 10 heteroatoms. The zero-order valence-corrected chi connectivity index (χ0v) is 14.5. The van der Waals surface area contributed by atoms with Crippen LogP contribution in [-0.4, -0.2) is 31.4 Å². The first-order valence-electron chi connectivity index (χ1n) is 7.28. The van der Waals surface area contributed by atoms with Crippen LogP contribution in [0.3, 0.4) is 0 Å². The number of aromatic nitrogens is 4. The summed E-state index contributed by atoms with van der Waals surface area (Å²) in [7, 11) is 1.76. The molecule has 136 valence electrons. The molecular formula is C16H15ClFN5O3. The molecule has 3 N–H and O–H groups in total. The molecule has 0 radical (unpaired) electrons. The van der Waals surface area contributed by atoms with E-state index >= 15 is 0 Å². The molecule has 2 aromatic heterocycles. The summed E-state index contributed by atoms with van der Waals surface area (Å²) in [5.41, 5.74) is 7.47. The number of hydrogen-bond acceptors (Lipinski definition) is 7. The Balaban J connectivity index is 0.00000243. The largest absolute Gasteiger partial charge is 0.382 e. The highest BCUT2D eigenvalue weighted by Crippen LogP contribution is 2.25. The topological polar surface area (TPSA) is 108 Å². The molecule has 0 atom stereocenters. The van der Waals surface area contributed by atoms with E-state index in [1.165, 1.54) is 12.1 Å². The fourth-order valence-corrected chi connectivity index (χ4v) is 2.30. The zero-order valence-electron chi connectivity index (χ0n) is 13.6. The minimum atomic E-state index is -0.357. The smallest absolute Gasteiger partial charge is 0.208 e. The number of anilines is 1. The van der Waals surface area contributed by atoms with Crippen molar-refractivity contribution in [2.75, 3.05) is 12.3 Å². The Morgan fingerprint density at radius 3 is 2.85 bits per heavy atom. The van der Waals surface area contributed by atoms with Gasteiger partial charge < -0.3 is 10.3 Å². The van der Waals surface area contributed by atoms with Gasteiger partial charge in [0.05, 0.1) is 6.61 Å². The van der Waals surface area contributed by atoms with Gasteiger partial charge in [-0.1, -0.05) is 23.1 Å². The molecule has 2 heterocycles. The first-order valence-corrected chi connectivity index (χ1v) is 7.28. The lowest BCUT2D eigenvalue weighted by Gasteiger charge is -2.02. The van der Waals surface area contributed by atoms with Crippen molar-refractivity contribution in [2.24, 2.45) is 7.05 Å². The summed E-state index contributed by atoms with van der Waals surface area (Å²) in [6.07, 6.45) is 0.307. The normalized spacial score (nSPS) is 10.3. The molecule has 0 amide bonds. The van der Waals surface area contributed by atoms with E-state index in [0.29, 0.717) is 29.0 Å². The van der Waals surface area contributed by atoms with Crippen LogP contribution < -0.4 is 5.73 Å². The van der Waals surface area contributed by atoms with Crippen LogP contribution in [-0.2, 0) is 17.0 Å². The zero-order chi connectivity index (χ0) is 17.8. The lowest BCUT2D eigenvalue weighted by molar-refractivity contribution is -0.490. The fraction of sp³-hybridized carbons (Fsp3) is 0.188. The molecule has 0 spiro atoms. The number of nitrogen functional groups attached to an aromatic ring is 1. The maximum atomic E-state index is 13.5. The number of nitrogens with zero attached hydrogens (tertiary/aromatic N) is 4. The molecule has 0 bridgehead atoms. The standard InChI is InChI=1S/C16H14FN5O3.ClH/c1-22-15(10-5-4-6-11(17)9-10)21-13-14(18)19-12(20-16(13)22)7-2-3-8-24-25-23;/h4-6,9,23H,3,8H2,1H3,(H2,18,19,20);1H. The Morgan fingerprint density at radius 1 is 1.31 bits per heavy atom. The van der Waals surface area contributed by atoms with Crippen LogP contribution in [0.5, 0.6) is 0 Å². The number of imidazole rings is 1. The fourth-order valence-electron chi connectivity index (χ4n) is 2.30. The molecule has 0 aliphatic rings. The summed E-state index contributed by atoms with van der Waals surface area (Å²) in [5, 5.41) is 11.5. The van der Waals surface area contributed by atoms with E-state index in [-0.39, 0.29) is 36.5 Å². The minimum Gasteiger partial charge on any atom is -0.382 e. The average Bonchev–Trinajstić information content (AvgIpc) is 2.92. The summed E-state index contributed by atoms with van der Waals surface area (Å²) in [6, 6.07) is 6.10. The van der Waals surface area contributed by atoms with Crippen LogP contribution in [0.1, 0.15) is 12.2 Å². The Labute approximate surface area is 154 Å². The van der Waals surface area contributed by atoms with Crippen molar-refractivity contribution in [2.45, 2.75) is 6.42 Å². The van der Waals surface area contributed by atoms with Crippen molar-refractivity contribution < 1.29 is 19.6 Å². The quantitative estimate of drug-likeness (QED) is 0.310. The summed E-state index contributed by atoms with van der Waals surface area (Å²) < 4.78 is 15.2. The second-order valence-electron chi connectivity index (χ2n) is 5.06. The van der Waals surface area contributed by atoms with E-state index in [0.717, 1.165) is 0 Å². The summed E-state index contributed by atoms with van der Waals surface area (Å²) in [5.74, 6) is 6.09. The van der Waals surface area contributed by atoms with E-state index < -0.39 is 0 Å². The number of rotatable bonds is 4. The lowest BCUT2D eigenvalue weighted by Crippen LogP contribution is -2.00. The van der Waals surface area contributed by atoms with Gasteiger partial charge in [-0.3, -0.25) is 0 Å². The van der Waals surface area contributed by atoms with Crippen LogP contribution in [0.15, 0.2) is 24.3 Å². The maximum Gasteiger partial charge on any atom is 0.208 e. The molecule has 0 aliphatic heterocycles. The summed E-state index contributed by atoms with van der Waals surface area (Å²) in [6.45, 7) is 0.0939. The van der Waals surface area contributed by atoms with Gasteiger partial charge in [0.2, 0.25) is 5.82 Å². The number of aryl methyl sites for hydroxylation is 1. The van der Waals surface area contributed by atoms with E-state index in [1.54, 1.807) is 23.7 Å². The Hall–Kier alpha value is -2.77. The van der Waals surface area contributed by atoms with E-state index in [9.17, 15) is 4.39 Å². The third-order valence-electron chi connectivity index (χ3n) is 3.39. The average molecular weight is 380 g/mol. The third-order valence-corrected chi connectivity index (χ3v) is 3.39. The Morgan fingerprint density at radius 2 is 2.12 bits per heavy atom. The van der Waals surface area contributed by atoms with Crippen molar-refractivity contribution in [1.29, 1.82) is 0 Å². The molecule has 0 saturated carbocycles. The molecule has 1 aromatic carbocycles. The first-order chi connectivity index (χ1) is 12.1. The molecule has 0 aliphatic carbocycles. The second-order valence-corrected chi connectivity index (χ2v) is 5.06.